The molecule has 2 fully saturated rings. The summed E-state index contributed by atoms with van der Waals surface area (Å²) < 4.78 is 11.4. The molecule has 3 rings (SSSR count). The van der Waals surface area contributed by atoms with E-state index in [0.717, 1.165) is 24.9 Å². The van der Waals surface area contributed by atoms with Gasteiger partial charge < -0.3 is 9.47 Å². The molecule has 19 heavy (non-hydrogen) atoms. The van der Waals surface area contributed by atoms with Gasteiger partial charge in [-0.1, -0.05) is 18.2 Å². The fourth-order valence-corrected chi connectivity index (χ4v) is 3.18. The van der Waals surface area contributed by atoms with Crippen LogP contribution in [0.3, 0.4) is 0 Å². The smallest absolute Gasteiger partial charge is 0.124 e. The van der Waals surface area contributed by atoms with Crippen LogP contribution in [0.15, 0.2) is 30.3 Å². The molecule has 1 heterocycles. The van der Waals surface area contributed by atoms with E-state index in [2.05, 4.69) is 4.90 Å². The highest BCUT2D eigenvalue weighted by molar-refractivity contribution is 5.21. The minimum Gasteiger partial charge on any atom is -0.488 e. The first-order valence-corrected chi connectivity index (χ1v) is 7.33. The Balaban J connectivity index is 1.41. The van der Waals surface area contributed by atoms with E-state index in [1.54, 1.807) is 0 Å². The fourth-order valence-electron chi connectivity index (χ4n) is 3.18. The van der Waals surface area contributed by atoms with Crippen molar-refractivity contribution in [3.63, 3.8) is 0 Å². The second kappa shape index (κ2) is 5.93. The number of benzene rings is 1. The Morgan fingerprint density at radius 2 is 1.63 bits per heavy atom. The van der Waals surface area contributed by atoms with Gasteiger partial charge in [-0.05, 0) is 37.8 Å². The van der Waals surface area contributed by atoms with Gasteiger partial charge in [0.2, 0.25) is 0 Å². The van der Waals surface area contributed by atoms with Crippen LogP contribution in [0.2, 0.25) is 0 Å². The zero-order valence-corrected chi connectivity index (χ0v) is 11.6. The third-order valence-electron chi connectivity index (χ3n) is 4.42. The highest BCUT2D eigenvalue weighted by Gasteiger charge is 2.35. The highest BCUT2D eigenvalue weighted by atomic mass is 16.5. The monoisotopic (exact) mass is 261 g/mol. The number of hydrogen-bond donors (Lipinski definition) is 0. The van der Waals surface area contributed by atoms with E-state index in [0.29, 0.717) is 12.2 Å². The molecule has 1 aliphatic heterocycles. The van der Waals surface area contributed by atoms with E-state index >= 15 is 0 Å². The SMILES string of the molecule is COC1CCC(N2CC(Oc3ccccc3)C2)CC1. The van der Waals surface area contributed by atoms with Gasteiger partial charge >= 0.3 is 0 Å². The Morgan fingerprint density at radius 1 is 0.947 bits per heavy atom. The number of hydrogen-bond acceptors (Lipinski definition) is 3. The standard InChI is InChI=1S/C16H23NO2/c1-18-14-9-7-13(8-10-14)17-11-16(12-17)19-15-5-3-2-4-6-15/h2-6,13-14,16H,7-12H2,1H3. The average Bonchev–Trinajstić information content (AvgIpc) is 2.44. The van der Waals surface area contributed by atoms with Crippen LogP contribution in [0.1, 0.15) is 25.7 Å². The summed E-state index contributed by atoms with van der Waals surface area (Å²) in [6.07, 6.45) is 5.84. The molecule has 0 aromatic heterocycles. The second-order valence-electron chi connectivity index (χ2n) is 5.67. The molecule has 3 heteroatoms. The largest absolute Gasteiger partial charge is 0.488 e. The Kier molecular flexibility index (Phi) is 4.04. The van der Waals surface area contributed by atoms with Crippen molar-refractivity contribution in [3.05, 3.63) is 30.3 Å². The predicted molar refractivity (Wildman–Crippen MR) is 75.5 cm³/mol. The van der Waals surface area contributed by atoms with E-state index in [4.69, 9.17) is 9.47 Å². The van der Waals surface area contributed by atoms with Crippen LogP contribution in [0.25, 0.3) is 0 Å². The number of rotatable bonds is 4. The van der Waals surface area contributed by atoms with Crippen LogP contribution in [0, 0.1) is 0 Å². The lowest BCUT2D eigenvalue weighted by Gasteiger charge is -2.46. The van der Waals surface area contributed by atoms with Crippen molar-refractivity contribution < 1.29 is 9.47 Å². The molecule has 0 spiro atoms. The number of methoxy groups -OCH3 is 1. The Hall–Kier alpha value is -1.06. The van der Waals surface area contributed by atoms with Crippen LogP contribution in [0.5, 0.6) is 5.75 Å². The number of para-hydroxylation sites is 1. The lowest BCUT2D eigenvalue weighted by molar-refractivity contribution is -0.0356. The molecule has 1 saturated heterocycles. The fraction of sp³-hybridized carbons (Fsp3) is 0.625. The van der Waals surface area contributed by atoms with Gasteiger partial charge in [-0.2, -0.15) is 0 Å². The zero-order valence-electron chi connectivity index (χ0n) is 11.6. The summed E-state index contributed by atoms with van der Waals surface area (Å²) in [7, 11) is 1.83. The number of ether oxygens (including phenoxy) is 2. The Morgan fingerprint density at radius 3 is 2.26 bits per heavy atom. The summed E-state index contributed by atoms with van der Waals surface area (Å²) in [5.74, 6) is 0.996. The normalized spacial score (nSPS) is 28.9. The lowest BCUT2D eigenvalue weighted by atomic mass is 9.90. The van der Waals surface area contributed by atoms with Crippen LogP contribution < -0.4 is 4.74 Å². The summed E-state index contributed by atoms with van der Waals surface area (Å²) in [5.41, 5.74) is 0. The minimum atomic E-state index is 0.377. The molecule has 0 N–H and O–H groups in total. The van der Waals surface area contributed by atoms with E-state index in [1.807, 2.05) is 37.4 Å². The maximum atomic E-state index is 5.95. The molecule has 104 valence electrons. The van der Waals surface area contributed by atoms with Gasteiger partial charge in [0, 0.05) is 26.2 Å². The van der Waals surface area contributed by atoms with Gasteiger partial charge in [-0.25, -0.2) is 0 Å². The summed E-state index contributed by atoms with van der Waals surface area (Å²) in [5, 5.41) is 0. The molecule has 1 saturated carbocycles. The van der Waals surface area contributed by atoms with E-state index in [1.165, 1.54) is 25.7 Å². The average molecular weight is 261 g/mol. The number of likely N-dealkylation sites (tertiary alicyclic amines) is 1. The maximum absolute atomic E-state index is 5.95. The van der Waals surface area contributed by atoms with Gasteiger partial charge in [0.05, 0.1) is 6.10 Å². The molecule has 1 aliphatic carbocycles. The van der Waals surface area contributed by atoms with Crippen molar-refractivity contribution in [1.29, 1.82) is 0 Å². The topological polar surface area (TPSA) is 21.7 Å². The molecular formula is C16H23NO2. The third-order valence-corrected chi connectivity index (χ3v) is 4.42. The maximum Gasteiger partial charge on any atom is 0.124 e. The van der Waals surface area contributed by atoms with Crippen molar-refractivity contribution >= 4 is 0 Å². The molecule has 0 radical (unpaired) electrons. The molecule has 0 bridgehead atoms. The summed E-state index contributed by atoms with van der Waals surface area (Å²) >= 11 is 0. The quantitative estimate of drug-likeness (QED) is 0.832. The van der Waals surface area contributed by atoms with Crippen LogP contribution >= 0.6 is 0 Å². The van der Waals surface area contributed by atoms with Crippen molar-refractivity contribution in [2.45, 2.75) is 43.9 Å². The van der Waals surface area contributed by atoms with Gasteiger partial charge in [-0.3, -0.25) is 4.90 Å². The highest BCUT2D eigenvalue weighted by Crippen LogP contribution is 2.29. The molecule has 2 aliphatic rings. The molecule has 3 nitrogen and oxygen atoms in total. The predicted octanol–water partition coefficient (Wildman–Crippen LogP) is 2.71. The first-order valence-electron chi connectivity index (χ1n) is 7.33. The third kappa shape index (κ3) is 3.10. The van der Waals surface area contributed by atoms with Crippen LogP contribution in [0.4, 0.5) is 0 Å². The molecular weight excluding hydrogens is 238 g/mol. The molecule has 0 atom stereocenters. The molecule has 0 amide bonds. The summed E-state index contributed by atoms with van der Waals surface area (Å²) in [6.45, 7) is 2.16. The molecule has 1 aromatic carbocycles. The van der Waals surface area contributed by atoms with E-state index in [-0.39, 0.29) is 0 Å². The first kappa shape index (κ1) is 12.9. The van der Waals surface area contributed by atoms with Crippen molar-refractivity contribution in [2.24, 2.45) is 0 Å². The van der Waals surface area contributed by atoms with Gasteiger partial charge in [0.1, 0.15) is 11.9 Å². The van der Waals surface area contributed by atoms with Crippen molar-refractivity contribution in [2.75, 3.05) is 20.2 Å². The van der Waals surface area contributed by atoms with Gasteiger partial charge in [-0.15, -0.1) is 0 Å². The summed E-state index contributed by atoms with van der Waals surface area (Å²) in [6, 6.07) is 10.9. The van der Waals surface area contributed by atoms with E-state index < -0.39 is 0 Å². The molecule has 1 aromatic rings. The van der Waals surface area contributed by atoms with Crippen LogP contribution in [-0.2, 0) is 4.74 Å². The Bertz CT molecular complexity index is 381. The minimum absolute atomic E-state index is 0.377. The van der Waals surface area contributed by atoms with Crippen LogP contribution in [-0.4, -0.2) is 43.3 Å². The lowest BCUT2D eigenvalue weighted by Crippen LogP contribution is -2.58. The molecule has 0 unspecified atom stereocenters. The first-order chi connectivity index (χ1) is 9.35. The van der Waals surface area contributed by atoms with E-state index in [9.17, 15) is 0 Å². The van der Waals surface area contributed by atoms with Crippen molar-refractivity contribution in [1.82, 2.24) is 4.90 Å². The van der Waals surface area contributed by atoms with Gasteiger partial charge in [0.15, 0.2) is 0 Å². The second-order valence-corrected chi connectivity index (χ2v) is 5.67. The Labute approximate surface area is 115 Å². The van der Waals surface area contributed by atoms with Crippen molar-refractivity contribution in [3.8, 4) is 5.75 Å². The van der Waals surface area contributed by atoms with Gasteiger partial charge in [0.25, 0.3) is 0 Å². The zero-order chi connectivity index (χ0) is 13.1. The number of nitrogens with zero attached hydrogens (tertiary/aromatic N) is 1. The summed E-state index contributed by atoms with van der Waals surface area (Å²) in [4.78, 5) is 2.57.